The summed E-state index contributed by atoms with van der Waals surface area (Å²) in [5, 5.41) is 26.4. The number of pyridine rings is 6. The number of ether oxygens (including phenoxy) is 9. The van der Waals surface area contributed by atoms with Crippen LogP contribution in [0.1, 0.15) is 198 Å². The lowest BCUT2D eigenvalue weighted by Crippen LogP contribution is -2.22. The summed E-state index contributed by atoms with van der Waals surface area (Å²) in [4.78, 5) is 176. The van der Waals surface area contributed by atoms with Gasteiger partial charge in [-0.3, -0.25) is 38.1 Å². The molecule has 131 heavy (non-hydrogen) atoms. The van der Waals surface area contributed by atoms with E-state index in [1.807, 2.05) is 27.7 Å². The van der Waals surface area contributed by atoms with Gasteiger partial charge in [-0.2, -0.15) is 19.2 Å². The monoisotopic (exact) mass is 2060 g/mol. The first-order valence-electron chi connectivity index (χ1n) is 38.2. The van der Waals surface area contributed by atoms with Crippen molar-refractivity contribution in [3.05, 3.63) is 174 Å². The van der Waals surface area contributed by atoms with Crippen LogP contribution >= 0.6 is 120 Å². The number of nitrogens with one attached hydrogen (secondary N) is 4. The Kier molecular flexibility index (Phi) is 75.8. The summed E-state index contributed by atoms with van der Waals surface area (Å²) in [7, 11) is 9.75. The molecule has 728 valence electrons. The highest BCUT2D eigenvalue weighted by molar-refractivity contribution is 8.24. The average Bonchev–Trinajstić information content (AvgIpc) is 0.827. The third-order valence-electron chi connectivity index (χ3n) is 15.4. The van der Waals surface area contributed by atoms with Crippen LogP contribution < -0.4 is 31.0 Å². The molecule has 1 unspecified atom stereocenters. The van der Waals surface area contributed by atoms with E-state index >= 15 is 0 Å². The Labute approximate surface area is 809 Å². The fourth-order valence-electron chi connectivity index (χ4n) is 9.04. The first-order valence-corrected chi connectivity index (χ1v) is 45.2. The summed E-state index contributed by atoms with van der Waals surface area (Å²) in [6.45, 7) is 27.8. The van der Waals surface area contributed by atoms with Crippen LogP contribution in [0.2, 0.25) is 35.8 Å². The van der Waals surface area contributed by atoms with Gasteiger partial charge in [-0.1, -0.05) is 102 Å². The summed E-state index contributed by atoms with van der Waals surface area (Å²) in [6.07, 6.45) is 12.1. The Morgan fingerprint density at radius 1 is 0.504 bits per heavy atom. The van der Waals surface area contributed by atoms with Crippen molar-refractivity contribution in [2.24, 2.45) is 5.92 Å². The second kappa shape index (κ2) is 75.4. The summed E-state index contributed by atoms with van der Waals surface area (Å²) in [5.41, 5.74) is 8.48. The SMILES string of the molecule is C.CCCC(=O)C(C)C(=O)OCC.CCCC(=O)CC(=O)OCC.CCOC(=O)c1c[nH]c(=O)c(C)c1O.CCOC(=O)c1cnc(Cl)c(C)c1Cl.CCOC(=O)c1cnc(Cl)c(C)c1Cl.CCOC(=O)c1cnc(Cl)c(C)c1NC.CNc1c(C=O)cnc(Cl)c1C.CNc1c(CO)cnc(Cl)c1C.COC(=O)Cc1cc(OC)cc(OC)c1.O=C=O.O=C=O.O=P(Cl)(Cl)Cl. The van der Waals surface area contributed by atoms with E-state index in [0.717, 1.165) is 64.5 Å². The Bertz CT molecular complexity index is 4810. The molecule has 1 aromatic carbocycles. The number of esters is 7. The molecule has 0 radical (unpaired) electrons. The van der Waals surface area contributed by atoms with Gasteiger partial charge in [0.25, 0.3) is 5.56 Å². The minimum atomic E-state index is -3.22. The summed E-state index contributed by atoms with van der Waals surface area (Å²) >= 11 is 54.5. The van der Waals surface area contributed by atoms with Crippen molar-refractivity contribution in [3.8, 4) is 17.2 Å². The number of hydrogen-bond acceptors (Lipinski definition) is 35. The first-order chi connectivity index (χ1) is 61.1. The predicted octanol–water partition coefficient (Wildman–Crippen LogP) is 18.6. The van der Waals surface area contributed by atoms with Crippen LogP contribution in [0.4, 0.5) is 17.1 Å². The minimum absolute atomic E-state index is 0. The number of aromatic hydroxyl groups is 1. The predicted molar refractivity (Wildman–Crippen MR) is 501 cm³/mol. The van der Waals surface area contributed by atoms with Crippen molar-refractivity contribution in [1.29, 1.82) is 0 Å². The number of anilines is 3. The van der Waals surface area contributed by atoms with Crippen molar-refractivity contribution in [3.63, 3.8) is 0 Å². The van der Waals surface area contributed by atoms with Crippen molar-refractivity contribution in [1.82, 2.24) is 29.9 Å². The molecule has 7 rings (SSSR count). The molecule has 0 aliphatic rings. The molecule has 0 saturated heterocycles. The number of nitrogens with zero attached hydrogens (tertiary/aromatic N) is 5. The number of hydrogen-bond donors (Lipinski definition) is 6. The van der Waals surface area contributed by atoms with E-state index < -0.39 is 52.5 Å². The van der Waals surface area contributed by atoms with Crippen molar-refractivity contribution < 1.29 is 125 Å². The van der Waals surface area contributed by atoms with E-state index in [1.165, 1.54) is 38.8 Å². The molecular formula is C84H110Cl10N9O27P. The molecule has 0 aliphatic heterocycles. The van der Waals surface area contributed by atoms with Crippen LogP contribution in [-0.2, 0) is 93.9 Å². The van der Waals surface area contributed by atoms with Gasteiger partial charge in [0, 0.05) is 116 Å². The number of aliphatic hydroxyl groups is 1. The molecule has 6 heterocycles. The molecule has 6 N–H and O–H groups in total. The van der Waals surface area contributed by atoms with E-state index in [0.29, 0.717) is 121 Å². The van der Waals surface area contributed by atoms with Crippen LogP contribution in [0.3, 0.4) is 0 Å². The first kappa shape index (κ1) is 132. The van der Waals surface area contributed by atoms with Gasteiger partial charge in [-0.25, -0.2) is 44.1 Å². The Morgan fingerprint density at radius 3 is 1.21 bits per heavy atom. The van der Waals surface area contributed by atoms with Gasteiger partial charge in [0.05, 0.1) is 118 Å². The summed E-state index contributed by atoms with van der Waals surface area (Å²) < 4.78 is 52.7. The zero-order valence-corrected chi connectivity index (χ0v) is 83.6. The highest BCUT2D eigenvalue weighted by atomic mass is 36.0. The molecular weight excluding hydrogens is 1950 g/mol. The van der Waals surface area contributed by atoms with E-state index in [-0.39, 0.29) is 91.3 Å². The highest BCUT2D eigenvalue weighted by Crippen LogP contribution is 2.61. The number of aliphatic hydroxyl groups excluding tert-OH is 1. The Morgan fingerprint density at radius 2 is 0.855 bits per heavy atom. The smallest absolute Gasteiger partial charge is 0.373 e. The second-order valence-corrected chi connectivity index (χ2v) is 33.4. The minimum Gasteiger partial charge on any atom is -0.507 e. The van der Waals surface area contributed by atoms with Gasteiger partial charge in [0.15, 0.2) is 6.29 Å². The topological polar surface area (TPSA) is 513 Å². The summed E-state index contributed by atoms with van der Waals surface area (Å²) in [6, 6.07) is 5.31. The molecule has 0 saturated carbocycles. The fourth-order valence-corrected chi connectivity index (χ4v) is 10.3. The molecule has 6 aromatic heterocycles. The van der Waals surface area contributed by atoms with E-state index in [2.05, 4.69) is 93.8 Å². The standard InChI is InChI=1S/C11H14O4.C10H13ClN2O2.2C9H9Cl2NO2.C9H11NO4.C9H16O3.C8H11ClN2O.C8H9ClN2O.C8H14O3.2CO2.CH4.Cl3OP/c1-13-9-4-8(6-11(12)15-3)5-10(7-9)14-2;1-4-15-10(14)7-5-13-9(11)6(2)8(7)12-3;2*1-3-14-9(13)6-4-12-8(11)5(2)7(6)10;1-3-14-9(13)6-4-10-8(12)5(2)7(6)11;1-4-6-8(10)7(3)9(11)12-5-2;2*1-5-7(10-2)6(4-12)3-11-8(5)9;1-3-5-7(9)6-8(10)11-4-2;2*2-1-3;;1-5(2,3)4/h4-5,7H,6H2,1-3H3;5H,4H2,1-3H3,(H,12,13);2*4H,3H2,1-2H3;4H,3H2,1-2H3,(H2,10,11,12);7H,4-6H2,1-3H3;3,12H,4H2,1-2H3,(H,10,11);3-4H,1-2H3,(H,10,11);3-6H2,1-2H3;;;1H4;. The molecule has 0 aliphatic carbocycles. The maximum absolute atomic E-state index is 11.5. The van der Waals surface area contributed by atoms with Gasteiger partial charge in [-0.05, 0) is 154 Å². The number of aromatic nitrogens is 6. The maximum Gasteiger partial charge on any atom is 0.373 e. The number of H-pyrrole nitrogens is 1. The number of halogens is 10. The highest BCUT2D eigenvalue weighted by Gasteiger charge is 2.23. The van der Waals surface area contributed by atoms with E-state index in [4.69, 9.17) is 134 Å². The van der Waals surface area contributed by atoms with Crippen LogP contribution in [-0.4, -0.2) is 194 Å². The van der Waals surface area contributed by atoms with Crippen LogP contribution in [0, 0.1) is 47.5 Å². The van der Waals surface area contributed by atoms with Crippen molar-refractivity contribution in [2.45, 2.75) is 156 Å². The molecule has 0 amide bonds. The van der Waals surface area contributed by atoms with Crippen molar-refractivity contribution in [2.75, 3.05) is 98.1 Å². The third-order valence-corrected chi connectivity index (χ3v) is 18.2. The molecule has 47 heteroatoms. The zero-order chi connectivity index (χ0) is 101. The lowest BCUT2D eigenvalue weighted by atomic mass is 10.0. The quantitative estimate of drug-likeness (QED) is 0.00695. The number of benzene rings is 1. The number of ketones is 2. The average molecular weight is 2060 g/mol. The number of carbonyl (C=O) groups is 10. The second-order valence-electron chi connectivity index (χ2n) is 24.3. The number of aldehydes is 1. The number of carbonyl (C=O) groups excluding carboxylic acids is 14. The molecule has 0 bridgehead atoms. The van der Waals surface area contributed by atoms with Gasteiger partial charge >= 0.3 is 59.3 Å². The Balaban J connectivity index is -0.000000331. The molecule has 0 fully saturated rings. The zero-order valence-electron chi connectivity index (χ0n) is 75.1. The third kappa shape index (κ3) is 53.8. The molecule has 7 aromatic rings. The molecule has 0 spiro atoms. The van der Waals surface area contributed by atoms with Crippen molar-refractivity contribution >= 4 is 209 Å². The number of Topliss-reactive ketones (excluding diaryl/α,β-unsaturated/α-hetero) is 2. The van der Waals surface area contributed by atoms with E-state index in [9.17, 15) is 62.4 Å². The fraction of sp³-hybridized carbons (Fsp3) is 0.429. The molecule has 1 atom stereocenters. The van der Waals surface area contributed by atoms with Crippen LogP contribution in [0.5, 0.6) is 17.2 Å². The normalized spacial score (nSPS) is 9.68. The molecule has 36 nitrogen and oxygen atoms in total. The van der Waals surface area contributed by atoms with Crippen LogP contribution in [0.15, 0.2) is 60.2 Å². The van der Waals surface area contributed by atoms with E-state index in [1.54, 1.807) is 129 Å². The number of rotatable bonds is 27. The lowest BCUT2D eigenvalue weighted by molar-refractivity contribution is -0.193. The Hall–Kier alpha value is -10.1. The van der Waals surface area contributed by atoms with Gasteiger partial charge < -0.3 is 73.8 Å². The lowest BCUT2D eigenvalue weighted by Gasteiger charge is -2.11. The summed E-state index contributed by atoms with van der Waals surface area (Å²) in [5.74, 6) is -2.78. The van der Waals surface area contributed by atoms with Crippen LogP contribution in [0.25, 0.3) is 0 Å². The number of methoxy groups -OCH3 is 3. The largest absolute Gasteiger partial charge is 0.507 e. The van der Waals surface area contributed by atoms with Gasteiger partial charge in [-0.15, -0.1) is 0 Å². The maximum atomic E-state index is 11.5. The number of aromatic amines is 1. The van der Waals surface area contributed by atoms with Gasteiger partial charge in [0.1, 0.15) is 78.0 Å². The van der Waals surface area contributed by atoms with Gasteiger partial charge in [0.2, 0.25) is 0 Å².